The summed E-state index contributed by atoms with van der Waals surface area (Å²) in [5.41, 5.74) is -0.395. The van der Waals surface area contributed by atoms with E-state index in [1.54, 1.807) is 0 Å². The molecule has 0 aromatic carbocycles. The molecule has 3 nitrogen and oxygen atoms in total. The van der Waals surface area contributed by atoms with Crippen molar-refractivity contribution >= 4 is 17.5 Å². The normalized spacial score (nSPS) is 28.9. The molecule has 1 rings (SSSR count). The first-order chi connectivity index (χ1) is 6.83. The highest BCUT2D eigenvalue weighted by Gasteiger charge is 2.33. The molecule has 0 bridgehead atoms. The SMILES string of the molecule is CC1CCC(C(=O)NC(C)(C)C(C)Cl)O1. The van der Waals surface area contributed by atoms with Crippen LogP contribution in [0, 0.1) is 0 Å². The van der Waals surface area contributed by atoms with Crippen molar-refractivity contribution in [1.82, 2.24) is 5.32 Å². The first-order valence-corrected chi connectivity index (χ1v) is 5.88. The Bertz CT molecular complexity index is 241. The molecule has 0 saturated carbocycles. The third kappa shape index (κ3) is 3.35. The number of carbonyl (C=O) groups is 1. The van der Waals surface area contributed by atoms with Crippen molar-refractivity contribution in [1.29, 1.82) is 0 Å². The number of rotatable bonds is 3. The maximum absolute atomic E-state index is 11.8. The number of alkyl halides is 1. The molecule has 0 spiro atoms. The second-order valence-electron chi connectivity index (χ2n) is 4.84. The van der Waals surface area contributed by atoms with Crippen LogP contribution in [-0.4, -0.2) is 29.0 Å². The van der Waals surface area contributed by atoms with Crippen LogP contribution in [-0.2, 0) is 9.53 Å². The van der Waals surface area contributed by atoms with E-state index in [1.165, 1.54) is 0 Å². The van der Waals surface area contributed by atoms with E-state index in [9.17, 15) is 4.79 Å². The summed E-state index contributed by atoms with van der Waals surface area (Å²) in [6, 6.07) is 0. The van der Waals surface area contributed by atoms with E-state index in [-0.39, 0.29) is 23.5 Å². The molecule has 0 aromatic rings. The van der Waals surface area contributed by atoms with E-state index in [4.69, 9.17) is 16.3 Å². The zero-order chi connectivity index (χ0) is 11.6. The van der Waals surface area contributed by atoms with E-state index in [0.29, 0.717) is 0 Å². The summed E-state index contributed by atoms with van der Waals surface area (Å²) in [5, 5.41) is 2.81. The molecule has 0 radical (unpaired) electrons. The molecule has 1 saturated heterocycles. The number of carbonyl (C=O) groups excluding carboxylic acids is 1. The van der Waals surface area contributed by atoms with Crippen LogP contribution in [0.3, 0.4) is 0 Å². The van der Waals surface area contributed by atoms with Gasteiger partial charge in [0.15, 0.2) is 0 Å². The molecule has 1 aliphatic rings. The molecule has 1 N–H and O–H groups in total. The highest BCUT2D eigenvalue weighted by Crippen LogP contribution is 2.21. The first-order valence-electron chi connectivity index (χ1n) is 5.44. The number of nitrogens with one attached hydrogen (secondary N) is 1. The molecule has 1 heterocycles. The van der Waals surface area contributed by atoms with Gasteiger partial charge in [-0.1, -0.05) is 0 Å². The lowest BCUT2D eigenvalue weighted by Gasteiger charge is -2.30. The number of ether oxygens (including phenoxy) is 1. The lowest BCUT2D eigenvalue weighted by molar-refractivity contribution is -0.133. The van der Waals surface area contributed by atoms with Crippen LogP contribution in [0.2, 0.25) is 0 Å². The van der Waals surface area contributed by atoms with Crippen molar-refractivity contribution in [3.05, 3.63) is 0 Å². The van der Waals surface area contributed by atoms with Crippen LogP contribution < -0.4 is 5.32 Å². The van der Waals surface area contributed by atoms with Crippen molar-refractivity contribution in [2.75, 3.05) is 0 Å². The molecule has 3 atom stereocenters. The van der Waals surface area contributed by atoms with E-state index in [2.05, 4.69) is 5.32 Å². The Morgan fingerprint density at radius 1 is 1.53 bits per heavy atom. The van der Waals surface area contributed by atoms with Gasteiger partial charge in [0.05, 0.1) is 17.0 Å². The van der Waals surface area contributed by atoms with Crippen molar-refractivity contribution in [3.63, 3.8) is 0 Å². The average molecular weight is 234 g/mol. The summed E-state index contributed by atoms with van der Waals surface area (Å²) in [4.78, 5) is 11.8. The van der Waals surface area contributed by atoms with E-state index >= 15 is 0 Å². The van der Waals surface area contributed by atoms with E-state index in [0.717, 1.165) is 12.8 Å². The van der Waals surface area contributed by atoms with Gasteiger partial charge in [0.2, 0.25) is 5.91 Å². The zero-order valence-electron chi connectivity index (χ0n) is 9.84. The van der Waals surface area contributed by atoms with Gasteiger partial charge in [-0.05, 0) is 40.5 Å². The Morgan fingerprint density at radius 2 is 2.13 bits per heavy atom. The lowest BCUT2D eigenvalue weighted by Crippen LogP contribution is -2.52. The smallest absolute Gasteiger partial charge is 0.249 e. The van der Waals surface area contributed by atoms with Crippen LogP contribution in [0.4, 0.5) is 0 Å². The van der Waals surface area contributed by atoms with Crippen LogP contribution in [0.15, 0.2) is 0 Å². The molecule has 88 valence electrons. The Morgan fingerprint density at radius 3 is 2.53 bits per heavy atom. The van der Waals surface area contributed by atoms with Gasteiger partial charge in [0, 0.05) is 0 Å². The number of halogens is 1. The van der Waals surface area contributed by atoms with Gasteiger partial charge in [-0.15, -0.1) is 11.6 Å². The fourth-order valence-corrected chi connectivity index (χ4v) is 1.55. The minimum atomic E-state index is -0.395. The monoisotopic (exact) mass is 233 g/mol. The van der Waals surface area contributed by atoms with Crippen molar-refractivity contribution in [3.8, 4) is 0 Å². The molecule has 4 heteroatoms. The standard InChI is InChI=1S/C11H20ClNO2/c1-7-5-6-9(15-7)10(14)13-11(3,4)8(2)12/h7-9H,5-6H2,1-4H3,(H,13,14). The molecular formula is C11H20ClNO2. The quantitative estimate of drug-likeness (QED) is 0.758. The molecule has 0 aliphatic carbocycles. The van der Waals surface area contributed by atoms with Gasteiger partial charge in [0.1, 0.15) is 6.10 Å². The Balaban J connectivity index is 2.49. The molecule has 1 aliphatic heterocycles. The largest absolute Gasteiger partial charge is 0.365 e. The lowest BCUT2D eigenvalue weighted by atomic mass is 10.0. The van der Waals surface area contributed by atoms with Gasteiger partial charge >= 0.3 is 0 Å². The van der Waals surface area contributed by atoms with Gasteiger partial charge < -0.3 is 10.1 Å². The third-order valence-corrected chi connectivity index (χ3v) is 3.51. The van der Waals surface area contributed by atoms with Crippen LogP contribution in [0.1, 0.15) is 40.5 Å². The highest BCUT2D eigenvalue weighted by molar-refractivity contribution is 6.21. The highest BCUT2D eigenvalue weighted by atomic mass is 35.5. The molecule has 0 aromatic heterocycles. The topological polar surface area (TPSA) is 38.3 Å². The van der Waals surface area contributed by atoms with Gasteiger partial charge in [-0.2, -0.15) is 0 Å². The Hall–Kier alpha value is -0.280. The second-order valence-corrected chi connectivity index (χ2v) is 5.49. The summed E-state index contributed by atoms with van der Waals surface area (Å²) < 4.78 is 5.49. The van der Waals surface area contributed by atoms with Crippen LogP contribution >= 0.6 is 11.6 Å². The average Bonchev–Trinajstić information content (AvgIpc) is 2.50. The van der Waals surface area contributed by atoms with Crippen LogP contribution in [0.5, 0.6) is 0 Å². The van der Waals surface area contributed by atoms with Crippen molar-refractivity contribution in [2.45, 2.75) is 63.7 Å². The van der Waals surface area contributed by atoms with Gasteiger partial charge in [-0.25, -0.2) is 0 Å². The number of hydrogen-bond donors (Lipinski definition) is 1. The van der Waals surface area contributed by atoms with Crippen LogP contribution in [0.25, 0.3) is 0 Å². The summed E-state index contributed by atoms with van der Waals surface area (Å²) in [6.45, 7) is 7.70. The maximum atomic E-state index is 11.8. The summed E-state index contributed by atoms with van der Waals surface area (Å²) in [7, 11) is 0. The molecule has 15 heavy (non-hydrogen) atoms. The summed E-state index contributed by atoms with van der Waals surface area (Å²) >= 11 is 5.99. The molecular weight excluding hydrogens is 214 g/mol. The fourth-order valence-electron chi connectivity index (χ4n) is 1.49. The minimum absolute atomic E-state index is 0.0446. The molecule has 1 amide bonds. The van der Waals surface area contributed by atoms with Gasteiger partial charge in [-0.3, -0.25) is 4.79 Å². The first kappa shape index (κ1) is 12.8. The number of hydrogen-bond acceptors (Lipinski definition) is 2. The molecule has 3 unspecified atom stereocenters. The Kier molecular flexibility index (Phi) is 4.01. The summed E-state index contributed by atoms with van der Waals surface area (Å²) in [5.74, 6) is -0.0446. The number of amides is 1. The van der Waals surface area contributed by atoms with E-state index < -0.39 is 5.54 Å². The third-order valence-electron chi connectivity index (χ3n) is 2.96. The van der Waals surface area contributed by atoms with Crippen molar-refractivity contribution < 1.29 is 9.53 Å². The maximum Gasteiger partial charge on any atom is 0.249 e. The van der Waals surface area contributed by atoms with Gasteiger partial charge in [0.25, 0.3) is 0 Å². The minimum Gasteiger partial charge on any atom is -0.365 e. The molecule has 1 fully saturated rings. The summed E-state index contributed by atoms with van der Waals surface area (Å²) in [6.07, 6.45) is 1.65. The zero-order valence-corrected chi connectivity index (χ0v) is 10.6. The van der Waals surface area contributed by atoms with E-state index in [1.807, 2.05) is 27.7 Å². The van der Waals surface area contributed by atoms with Crippen molar-refractivity contribution in [2.24, 2.45) is 0 Å². The predicted molar refractivity (Wildman–Crippen MR) is 61.1 cm³/mol. The predicted octanol–water partition coefficient (Wildman–Crippen LogP) is 2.08. The fraction of sp³-hybridized carbons (Fsp3) is 0.909. The Labute approximate surface area is 96.5 Å². The second kappa shape index (κ2) is 4.71.